The van der Waals surface area contributed by atoms with Crippen LogP contribution in [0.2, 0.25) is 0 Å². The lowest BCUT2D eigenvalue weighted by Crippen LogP contribution is -2.48. The number of nitrogens with zero attached hydrogens (tertiary/aromatic N) is 5. The normalized spacial score (nSPS) is 16.2. The zero-order valence-electron chi connectivity index (χ0n) is 17.1. The van der Waals surface area contributed by atoms with Crippen LogP contribution in [-0.4, -0.2) is 58.1 Å². The number of aromatic nitrogens is 3. The van der Waals surface area contributed by atoms with Gasteiger partial charge in [-0.05, 0) is 49.6 Å². The molecule has 4 rings (SSSR count). The molecule has 0 unspecified atom stereocenters. The highest BCUT2D eigenvalue weighted by atomic mass is 32.2. The van der Waals surface area contributed by atoms with Crippen molar-refractivity contribution in [2.75, 3.05) is 26.2 Å². The molecule has 0 spiro atoms. The smallest absolute Gasteiger partial charge is 0.243 e. The lowest BCUT2D eigenvalue weighted by atomic mass is 10.2. The standard InChI is InChI=1S/C20H25N5O2S3/c1-3-24-19(18-5-4-14-29-18)21-25(20(24)28)15-22-10-12-23(13-11-22)30(26,27)17-8-6-16(2)7-9-17/h4-9,14H,3,10-13,15H2,1-2H3. The number of benzene rings is 1. The number of piperazine rings is 1. The summed E-state index contributed by atoms with van der Waals surface area (Å²) in [4.78, 5) is 3.64. The fourth-order valence-electron chi connectivity index (χ4n) is 3.57. The molecule has 10 heteroatoms. The average Bonchev–Trinajstić information content (AvgIpc) is 3.37. The molecule has 1 aliphatic heterocycles. The van der Waals surface area contributed by atoms with Crippen LogP contribution in [0.5, 0.6) is 0 Å². The minimum Gasteiger partial charge on any atom is -0.300 e. The number of thiophene rings is 1. The van der Waals surface area contributed by atoms with Crippen molar-refractivity contribution >= 4 is 33.6 Å². The predicted octanol–water partition coefficient (Wildman–Crippen LogP) is 3.43. The molecule has 3 heterocycles. The van der Waals surface area contributed by atoms with Gasteiger partial charge in [0.05, 0.1) is 16.4 Å². The van der Waals surface area contributed by atoms with E-state index < -0.39 is 10.0 Å². The molecule has 0 saturated carbocycles. The monoisotopic (exact) mass is 463 g/mol. The first-order chi connectivity index (χ1) is 14.4. The summed E-state index contributed by atoms with van der Waals surface area (Å²) in [6.45, 7) is 7.51. The number of hydrogen-bond acceptors (Lipinski definition) is 6. The third-order valence-electron chi connectivity index (χ3n) is 5.30. The Bertz CT molecular complexity index is 1160. The van der Waals surface area contributed by atoms with E-state index in [1.54, 1.807) is 27.8 Å². The van der Waals surface area contributed by atoms with Crippen molar-refractivity contribution in [1.82, 2.24) is 23.6 Å². The van der Waals surface area contributed by atoms with Crippen LogP contribution in [0.3, 0.4) is 0 Å². The van der Waals surface area contributed by atoms with Gasteiger partial charge in [0.15, 0.2) is 10.6 Å². The minimum atomic E-state index is -3.46. The van der Waals surface area contributed by atoms with Crippen molar-refractivity contribution in [3.05, 3.63) is 52.1 Å². The Morgan fingerprint density at radius 3 is 2.40 bits per heavy atom. The van der Waals surface area contributed by atoms with E-state index in [-0.39, 0.29) is 0 Å². The Morgan fingerprint density at radius 2 is 1.80 bits per heavy atom. The molecule has 0 atom stereocenters. The van der Waals surface area contributed by atoms with Crippen LogP contribution in [0, 0.1) is 11.7 Å². The highest BCUT2D eigenvalue weighted by molar-refractivity contribution is 7.89. The minimum absolute atomic E-state index is 0.353. The molecule has 1 saturated heterocycles. The van der Waals surface area contributed by atoms with Gasteiger partial charge in [-0.25, -0.2) is 13.1 Å². The molecule has 0 N–H and O–H groups in total. The van der Waals surface area contributed by atoms with Gasteiger partial charge in [0.25, 0.3) is 0 Å². The van der Waals surface area contributed by atoms with Gasteiger partial charge in [-0.3, -0.25) is 9.47 Å². The Hall–Kier alpha value is -1.85. The molecule has 3 aromatic rings. The quantitative estimate of drug-likeness (QED) is 0.524. The summed E-state index contributed by atoms with van der Waals surface area (Å²) in [5.41, 5.74) is 1.05. The van der Waals surface area contributed by atoms with Gasteiger partial charge >= 0.3 is 0 Å². The molecule has 1 aromatic carbocycles. The molecular weight excluding hydrogens is 438 g/mol. The van der Waals surface area contributed by atoms with E-state index in [1.807, 2.05) is 45.8 Å². The highest BCUT2D eigenvalue weighted by Crippen LogP contribution is 2.24. The van der Waals surface area contributed by atoms with Crippen LogP contribution in [0.4, 0.5) is 0 Å². The summed E-state index contributed by atoms with van der Waals surface area (Å²) in [5.74, 6) is 0.887. The molecule has 1 aliphatic rings. The second-order valence-electron chi connectivity index (χ2n) is 7.30. The third-order valence-corrected chi connectivity index (χ3v) is 8.51. The van der Waals surface area contributed by atoms with E-state index in [0.29, 0.717) is 42.5 Å². The lowest BCUT2D eigenvalue weighted by Gasteiger charge is -2.33. The summed E-state index contributed by atoms with van der Waals surface area (Å²) >= 11 is 7.29. The van der Waals surface area contributed by atoms with Crippen LogP contribution in [0.1, 0.15) is 12.5 Å². The first kappa shape index (κ1) is 21.4. The number of hydrogen-bond donors (Lipinski definition) is 0. The zero-order valence-corrected chi connectivity index (χ0v) is 19.5. The first-order valence-corrected chi connectivity index (χ1v) is 12.6. The average molecular weight is 464 g/mol. The maximum atomic E-state index is 12.9. The Balaban J connectivity index is 1.45. The second-order valence-corrected chi connectivity index (χ2v) is 10.6. The van der Waals surface area contributed by atoms with Crippen LogP contribution in [0.15, 0.2) is 46.7 Å². The molecule has 0 radical (unpaired) electrons. The number of sulfonamides is 1. The van der Waals surface area contributed by atoms with E-state index >= 15 is 0 Å². The maximum absolute atomic E-state index is 12.9. The van der Waals surface area contributed by atoms with Gasteiger partial charge in [0.2, 0.25) is 10.0 Å². The van der Waals surface area contributed by atoms with Crippen LogP contribution in [-0.2, 0) is 23.2 Å². The Morgan fingerprint density at radius 1 is 1.10 bits per heavy atom. The van der Waals surface area contributed by atoms with Gasteiger partial charge in [-0.15, -0.1) is 16.4 Å². The van der Waals surface area contributed by atoms with E-state index in [9.17, 15) is 8.42 Å². The Kier molecular flexibility index (Phi) is 6.21. The molecule has 2 aromatic heterocycles. The summed E-state index contributed by atoms with van der Waals surface area (Å²) in [5, 5.41) is 6.79. The van der Waals surface area contributed by atoms with E-state index in [0.717, 1.165) is 22.8 Å². The molecule has 1 fully saturated rings. The summed E-state index contributed by atoms with van der Waals surface area (Å²) in [6, 6.07) is 11.1. The predicted molar refractivity (Wildman–Crippen MR) is 122 cm³/mol. The van der Waals surface area contributed by atoms with Gasteiger partial charge in [0, 0.05) is 32.7 Å². The molecular formula is C20H25N5O2S3. The number of aryl methyl sites for hydroxylation is 1. The van der Waals surface area contributed by atoms with Gasteiger partial charge in [0.1, 0.15) is 0 Å². The molecule has 0 aliphatic carbocycles. The summed E-state index contributed by atoms with van der Waals surface area (Å²) in [7, 11) is -3.46. The van der Waals surface area contributed by atoms with Crippen molar-refractivity contribution in [1.29, 1.82) is 0 Å². The van der Waals surface area contributed by atoms with Gasteiger partial charge in [-0.2, -0.15) is 4.31 Å². The molecule has 160 valence electrons. The molecule has 0 amide bonds. The molecule has 30 heavy (non-hydrogen) atoms. The fourth-order valence-corrected chi connectivity index (χ4v) is 6.02. The third kappa shape index (κ3) is 4.15. The van der Waals surface area contributed by atoms with Crippen molar-refractivity contribution in [2.45, 2.75) is 32.0 Å². The SMILES string of the molecule is CCn1c(-c2cccs2)nn(CN2CCN(S(=O)(=O)c3ccc(C)cc3)CC2)c1=S. The van der Waals surface area contributed by atoms with E-state index in [4.69, 9.17) is 17.3 Å². The van der Waals surface area contributed by atoms with Crippen molar-refractivity contribution in [3.8, 4) is 10.7 Å². The van der Waals surface area contributed by atoms with Crippen LogP contribution in [0.25, 0.3) is 10.7 Å². The summed E-state index contributed by atoms with van der Waals surface area (Å²) in [6.07, 6.45) is 0. The van der Waals surface area contributed by atoms with Gasteiger partial charge in [-0.1, -0.05) is 23.8 Å². The van der Waals surface area contributed by atoms with Crippen molar-refractivity contribution < 1.29 is 8.42 Å². The van der Waals surface area contributed by atoms with Crippen LogP contribution < -0.4 is 0 Å². The highest BCUT2D eigenvalue weighted by Gasteiger charge is 2.28. The Labute approximate surface area is 186 Å². The largest absolute Gasteiger partial charge is 0.300 e. The maximum Gasteiger partial charge on any atom is 0.243 e. The fraction of sp³-hybridized carbons (Fsp3) is 0.400. The van der Waals surface area contributed by atoms with Crippen LogP contribution >= 0.6 is 23.6 Å². The summed E-state index contributed by atoms with van der Waals surface area (Å²) < 4.78 is 32.0. The van der Waals surface area contributed by atoms with Crippen molar-refractivity contribution in [2.24, 2.45) is 0 Å². The van der Waals surface area contributed by atoms with Crippen molar-refractivity contribution in [3.63, 3.8) is 0 Å². The van der Waals surface area contributed by atoms with E-state index in [2.05, 4.69) is 11.8 Å². The molecule has 0 bridgehead atoms. The first-order valence-electron chi connectivity index (χ1n) is 9.91. The molecule has 7 nitrogen and oxygen atoms in total. The number of rotatable bonds is 6. The topological polar surface area (TPSA) is 63.4 Å². The lowest BCUT2D eigenvalue weighted by molar-refractivity contribution is 0.144. The second kappa shape index (κ2) is 8.72. The zero-order chi connectivity index (χ0) is 21.3. The van der Waals surface area contributed by atoms with E-state index in [1.165, 1.54) is 0 Å². The van der Waals surface area contributed by atoms with Gasteiger partial charge < -0.3 is 0 Å².